The predicted octanol–water partition coefficient (Wildman–Crippen LogP) is 4.23. The molecule has 0 aliphatic heterocycles. The minimum absolute atomic E-state index is 0.169. The molecular weight excluding hydrogens is 419 g/mol. The van der Waals surface area contributed by atoms with Gasteiger partial charge in [0.15, 0.2) is 0 Å². The monoisotopic (exact) mass is 436 g/mol. The molecule has 0 atom stereocenters. The quantitative estimate of drug-likeness (QED) is 0.628. The summed E-state index contributed by atoms with van der Waals surface area (Å²) in [6.07, 6.45) is 1.08. The Bertz CT molecular complexity index is 1130. The minimum Gasteiger partial charge on any atom is -0.350 e. The van der Waals surface area contributed by atoms with Gasteiger partial charge in [0.1, 0.15) is 6.54 Å². The zero-order valence-corrected chi connectivity index (χ0v) is 17.4. The Labute approximate surface area is 173 Å². The van der Waals surface area contributed by atoms with E-state index in [4.69, 9.17) is 23.2 Å². The third-order valence-corrected chi connectivity index (χ3v) is 5.93. The summed E-state index contributed by atoms with van der Waals surface area (Å²) in [6, 6.07) is 17.7. The van der Waals surface area contributed by atoms with Crippen LogP contribution in [-0.4, -0.2) is 27.1 Å². The molecule has 3 rings (SSSR count). The third kappa shape index (κ3) is 4.76. The van der Waals surface area contributed by atoms with Gasteiger partial charge in [-0.15, -0.1) is 0 Å². The van der Waals surface area contributed by atoms with Crippen LogP contribution in [0.15, 0.2) is 60.7 Å². The van der Waals surface area contributed by atoms with E-state index in [2.05, 4.69) is 5.32 Å². The number of halogens is 2. The Morgan fingerprint density at radius 3 is 2.46 bits per heavy atom. The molecule has 0 aliphatic rings. The molecule has 0 radical (unpaired) electrons. The van der Waals surface area contributed by atoms with Gasteiger partial charge >= 0.3 is 0 Å². The average molecular weight is 437 g/mol. The molecule has 3 aromatic rings. The van der Waals surface area contributed by atoms with Gasteiger partial charge in [0.05, 0.1) is 11.9 Å². The van der Waals surface area contributed by atoms with E-state index >= 15 is 0 Å². The molecule has 28 heavy (non-hydrogen) atoms. The van der Waals surface area contributed by atoms with Crippen LogP contribution in [0.4, 0.5) is 5.69 Å². The van der Waals surface area contributed by atoms with Crippen LogP contribution in [0.25, 0.3) is 10.8 Å². The molecule has 0 saturated carbocycles. The van der Waals surface area contributed by atoms with E-state index in [9.17, 15) is 13.2 Å². The highest BCUT2D eigenvalue weighted by atomic mass is 35.5. The molecule has 3 aromatic carbocycles. The van der Waals surface area contributed by atoms with E-state index < -0.39 is 15.9 Å². The van der Waals surface area contributed by atoms with Crippen molar-refractivity contribution < 1.29 is 13.2 Å². The SMILES string of the molecule is CS(=O)(=O)N(CC(=O)NCc1ccc(Cl)cc1Cl)c1cccc2ccccc12. The van der Waals surface area contributed by atoms with Gasteiger partial charge in [-0.2, -0.15) is 0 Å². The maximum absolute atomic E-state index is 12.5. The van der Waals surface area contributed by atoms with E-state index in [0.29, 0.717) is 21.3 Å². The van der Waals surface area contributed by atoms with Gasteiger partial charge in [0.25, 0.3) is 0 Å². The zero-order valence-electron chi connectivity index (χ0n) is 15.0. The number of sulfonamides is 1. The molecule has 0 aliphatic carbocycles. The lowest BCUT2D eigenvalue weighted by Gasteiger charge is -2.23. The lowest BCUT2D eigenvalue weighted by molar-refractivity contribution is -0.119. The van der Waals surface area contributed by atoms with Crippen molar-refractivity contribution in [3.8, 4) is 0 Å². The Morgan fingerprint density at radius 2 is 1.75 bits per heavy atom. The Balaban J connectivity index is 1.82. The summed E-state index contributed by atoms with van der Waals surface area (Å²) < 4.78 is 25.9. The summed E-state index contributed by atoms with van der Waals surface area (Å²) in [4.78, 5) is 12.5. The first-order valence-electron chi connectivity index (χ1n) is 8.42. The van der Waals surface area contributed by atoms with Gasteiger partial charge in [-0.1, -0.05) is 65.7 Å². The van der Waals surface area contributed by atoms with E-state index in [1.165, 1.54) is 0 Å². The molecular formula is C20H18Cl2N2O3S. The topological polar surface area (TPSA) is 66.5 Å². The molecule has 8 heteroatoms. The van der Waals surface area contributed by atoms with Crippen molar-refractivity contribution in [3.63, 3.8) is 0 Å². The van der Waals surface area contributed by atoms with E-state index in [1.807, 2.05) is 30.3 Å². The molecule has 0 aromatic heterocycles. The number of anilines is 1. The highest BCUT2D eigenvalue weighted by Gasteiger charge is 2.22. The molecule has 0 saturated heterocycles. The van der Waals surface area contributed by atoms with Crippen molar-refractivity contribution >= 4 is 55.6 Å². The summed E-state index contributed by atoms with van der Waals surface area (Å²) in [6.45, 7) is -0.167. The van der Waals surface area contributed by atoms with Crippen LogP contribution in [0.1, 0.15) is 5.56 Å². The average Bonchev–Trinajstić information content (AvgIpc) is 2.64. The van der Waals surface area contributed by atoms with Crippen LogP contribution < -0.4 is 9.62 Å². The van der Waals surface area contributed by atoms with E-state index in [-0.39, 0.29) is 13.1 Å². The number of carbonyl (C=O) groups excluding carboxylic acids is 1. The Kier molecular flexibility index (Phi) is 6.13. The molecule has 0 fully saturated rings. The van der Waals surface area contributed by atoms with Gasteiger partial charge in [-0.3, -0.25) is 9.10 Å². The Hall–Kier alpha value is -2.28. The molecule has 1 amide bonds. The number of amides is 1. The molecule has 0 bridgehead atoms. The number of hydrogen-bond acceptors (Lipinski definition) is 3. The highest BCUT2D eigenvalue weighted by molar-refractivity contribution is 7.92. The standard InChI is InChI=1S/C20H18Cl2N2O3S/c1-28(26,27)24(19-8-4-6-14-5-2-3-7-17(14)19)13-20(25)23-12-15-9-10-16(21)11-18(15)22/h2-11H,12-13H2,1H3,(H,23,25). The van der Waals surface area contributed by atoms with Gasteiger partial charge in [0, 0.05) is 22.0 Å². The fourth-order valence-electron chi connectivity index (χ4n) is 2.85. The van der Waals surface area contributed by atoms with Crippen LogP contribution in [0.5, 0.6) is 0 Å². The minimum atomic E-state index is -3.67. The maximum Gasteiger partial charge on any atom is 0.241 e. The van der Waals surface area contributed by atoms with Crippen molar-refractivity contribution in [2.24, 2.45) is 0 Å². The van der Waals surface area contributed by atoms with Crippen LogP contribution in [0.2, 0.25) is 10.0 Å². The molecule has 0 spiro atoms. The number of hydrogen-bond donors (Lipinski definition) is 1. The van der Waals surface area contributed by atoms with Gasteiger partial charge in [-0.05, 0) is 29.1 Å². The number of benzene rings is 3. The van der Waals surface area contributed by atoms with Crippen molar-refractivity contribution in [1.29, 1.82) is 0 Å². The maximum atomic E-state index is 12.5. The summed E-state index contributed by atoms with van der Waals surface area (Å²) >= 11 is 12.0. The lowest BCUT2D eigenvalue weighted by atomic mass is 10.1. The predicted molar refractivity (Wildman–Crippen MR) is 114 cm³/mol. The van der Waals surface area contributed by atoms with Crippen molar-refractivity contribution in [3.05, 3.63) is 76.3 Å². The highest BCUT2D eigenvalue weighted by Crippen LogP contribution is 2.28. The summed E-state index contributed by atoms with van der Waals surface area (Å²) in [5.41, 5.74) is 1.15. The summed E-state index contributed by atoms with van der Waals surface area (Å²) in [7, 11) is -3.67. The van der Waals surface area contributed by atoms with E-state index in [0.717, 1.165) is 21.3 Å². The van der Waals surface area contributed by atoms with Crippen molar-refractivity contribution in [1.82, 2.24) is 5.32 Å². The molecule has 146 valence electrons. The van der Waals surface area contributed by atoms with E-state index in [1.54, 1.807) is 30.3 Å². The smallest absolute Gasteiger partial charge is 0.241 e. The number of rotatable bonds is 6. The van der Waals surface area contributed by atoms with Crippen LogP contribution in [0.3, 0.4) is 0 Å². The summed E-state index contributed by atoms with van der Waals surface area (Å²) in [5, 5.41) is 5.28. The first kappa shape index (κ1) is 20.5. The number of carbonyl (C=O) groups is 1. The van der Waals surface area contributed by atoms with Gasteiger partial charge in [0.2, 0.25) is 15.9 Å². The normalized spacial score (nSPS) is 11.4. The number of nitrogens with one attached hydrogen (secondary N) is 1. The first-order chi connectivity index (χ1) is 13.3. The largest absolute Gasteiger partial charge is 0.350 e. The fourth-order valence-corrected chi connectivity index (χ4v) is 4.20. The first-order valence-corrected chi connectivity index (χ1v) is 11.0. The fraction of sp³-hybridized carbons (Fsp3) is 0.150. The number of fused-ring (bicyclic) bond motifs is 1. The molecule has 0 heterocycles. The lowest BCUT2D eigenvalue weighted by Crippen LogP contribution is -2.40. The van der Waals surface area contributed by atoms with Crippen molar-refractivity contribution in [2.45, 2.75) is 6.54 Å². The van der Waals surface area contributed by atoms with Crippen LogP contribution >= 0.6 is 23.2 Å². The number of nitrogens with zero attached hydrogens (tertiary/aromatic N) is 1. The summed E-state index contributed by atoms with van der Waals surface area (Å²) in [5.74, 6) is -0.440. The second-order valence-electron chi connectivity index (χ2n) is 6.28. The van der Waals surface area contributed by atoms with Gasteiger partial charge < -0.3 is 5.32 Å². The molecule has 0 unspecified atom stereocenters. The van der Waals surface area contributed by atoms with Crippen molar-refractivity contribution in [2.75, 3.05) is 17.1 Å². The second-order valence-corrected chi connectivity index (χ2v) is 9.03. The Morgan fingerprint density at radius 1 is 1.04 bits per heavy atom. The van der Waals surface area contributed by atoms with Crippen LogP contribution in [0, 0.1) is 0 Å². The molecule has 1 N–H and O–H groups in total. The van der Waals surface area contributed by atoms with Gasteiger partial charge in [-0.25, -0.2) is 8.42 Å². The second kappa shape index (κ2) is 8.39. The zero-order chi connectivity index (χ0) is 20.3. The molecule has 5 nitrogen and oxygen atoms in total. The van der Waals surface area contributed by atoms with Crippen LogP contribution in [-0.2, 0) is 21.4 Å². The third-order valence-electron chi connectivity index (χ3n) is 4.21.